The predicted octanol–water partition coefficient (Wildman–Crippen LogP) is 2.50. The molecule has 0 amide bonds. The van der Waals surface area contributed by atoms with E-state index in [1.165, 1.54) is 0 Å². The normalized spacial score (nSPS) is 10.3. The second kappa shape index (κ2) is 5.93. The van der Waals surface area contributed by atoms with Gasteiger partial charge in [0.05, 0.1) is 15.6 Å². The van der Waals surface area contributed by atoms with Crippen molar-refractivity contribution in [1.29, 1.82) is 0 Å². The van der Waals surface area contributed by atoms with E-state index in [1.807, 2.05) is 0 Å². The highest BCUT2D eigenvalue weighted by molar-refractivity contribution is 9.10. The molecule has 0 bridgehead atoms. The maximum absolute atomic E-state index is 13.5. The Balaban J connectivity index is 2.48. The van der Waals surface area contributed by atoms with E-state index in [-0.39, 0.29) is 10.4 Å². The number of rotatable bonds is 4. The lowest BCUT2D eigenvalue weighted by molar-refractivity contribution is -0.385. The third-order valence-corrected chi connectivity index (χ3v) is 2.85. The Kier molecular flexibility index (Phi) is 4.23. The minimum absolute atomic E-state index is 0.131. The molecule has 1 heterocycles. The van der Waals surface area contributed by atoms with E-state index in [0.29, 0.717) is 0 Å². The average molecular weight is 362 g/mol. The number of ether oxygens (including phenoxy) is 1. The van der Waals surface area contributed by atoms with Crippen LogP contribution >= 0.6 is 15.9 Å². The number of nitro benzene ring substituents is 1. The van der Waals surface area contributed by atoms with Crippen LogP contribution in [0.4, 0.5) is 20.4 Å². The standard InChI is InChI=1S/C10H6BrF2N5O3/c11-4-1-7(18(19)20)8(2-5(4)12)21-9-6(13)3-15-10(16-9)17-14/h1-3H,14H2,(H,15,16,17). The van der Waals surface area contributed by atoms with Crippen LogP contribution in [0.5, 0.6) is 11.6 Å². The highest BCUT2D eigenvalue weighted by Gasteiger charge is 2.21. The first-order chi connectivity index (χ1) is 9.92. The summed E-state index contributed by atoms with van der Waals surface area (Å²) in [6.45, 7) is 0. The van der Waals surface area contributed by atoms with Crippen LogP contribution < -0.4 is 16.0 Å². The van der Waals surface area contributed by atoms with Crippen molar-refractivity contribution in [2.75, 3.05) is 5.43 Å². The summed E-state index contributed by atoms with van der Waals surface area (Å²) < 4.78 is 31.8. The fourth-order valence-corrected chi connectivity index (χ4v) is 1.67. The van der Waals surface area contributed by atoms with Gasteiger partial charge in [0, 0.05) is 12.1 Å². The van der Waals surface area contributed by atoms with Gasteiger partial charge in [-0.05, 0) is 15.9 Å². The number of halogens is 3. The Morgan fingerprint density at radius 3 is 2.71 bits per heavy atom. The summed E-state index contributed by atoms with van der Waals surface area (Å²) in [5, 5.41) is 10.9. The molecule has 21 heavy (non-hydrogen) atoms. The summed E-state index contributed by atoms with van der Waals surface area (Å²) in [5.74, 6) is 1.92. The number of hydrogen-bond donors (Lipinski definition) is 2. The monoisotopic (exact) mass is 361 g/mol. The maximum Gasteiger partial charge on any atom is 0.312 e. The Morgan fingerprint density at radius 2 is 2.10 bits per heavy atom. The number of nitrogens with zero attached hydrogens (tertiary/aromatic N) is 3. The zero-order valence-corrected chi connectivity index (χ0v) is 11.6. The van der Waals surface area contributed by atoms with Gasteiger partial charge in [0.1, 0.15) is 5.82 Å². The smallest absolute Gasteiger partial charge is 0.312 e. The van der Waals surface area contributed by atoms with Crippen molar-refractivity contribution in [3.05, 3.63) is 44.6 Å². The van der Waals surface area contributed by atoms with Crippen LogP contribution in [0.1, 0.15) is 0 Å². The molecular formula is C10H6BrF2N5O3. The lowest BCUT2D eigenvalue weighted by atomic mass is 10.3. The molecule has 8 nitrogen and oxygen atoms in total. The van der Waals surface area contributed by atoms with Crippen LogP contribution in [-0.4, -0.2) is 14.9 Å². The molecule has 0 spiro atoms. The molecule has 0 fully saturated rings. The van der Waals surface area contributed by atoms with E-state index in [2.05, 4.69) is 31.3 Å². The summed E-state index contributed by atoms with van der Waals surface area (Å²) in [4.78, 5) is 17.1. The number of nitro groups is 1. The molecule has 11 heteroatoms. The Hall–Kier alpha value is -2.40. The van der Waals surface area contributed by atoms with E-state index >= 15 is 0 Å². The fourth-order valence-electron chi connectivity index (χ4n) is 1.34. The topological polar surface area (TPSA) is 116 Å². The van der Waals surface area contributed by atoms with Crippen molar-refractivity contribution in [2.24, 2.45) is 5.84 Å². The van der Waals surface area contributed by atoms with Gasteiger partial charge in [0.2, 0.25) is 17.5 Å². The van der Waals surface area contributed by atoms with Gasteiger partial charge in [-0.15, -0.1) is 0 Å². The van der Waals surface area contributed by atoms with Crippen molar-refractivity contribution in [3.63, 3.8) is 0 Å². The molecule has 1 aromatic carbocycles. The number of nitrogens with one attached hydrogen (secondary N) is 1. The highest BCUT2D eigenvalue weighted by Crippen LogP contribution is 2.35. The molecule has 3 N–H and O–H groups in total. The largest absolute Gasteiger partial charge is 0.429 e. The lowest BCUT2D eigenvalue weighted by Gasteiger charge is -2.08. The Bertz CT molecular complexity index is 715. The number of aromatic nitrogens is 2. The molecule has 0 saturated heterocycles. The van der Waals surface area contributed by atoms with Crippen LogP contribution in [0, 0.1) is 21.7 Å². The second-order valence-electron chi connectivity index (χ2n) is 3.58. The van der Waals surface area contributed by atoms with Crippen molar-refractivity contribution < 1.29 is 18.4 Å². The molecule has 0 atom stereocenters. The summed E-state index contributed by atoms with van der Waals surface area (Å²) in [6, 6.07) is 1.63. The summed E-state index contributed by atoms with van der Waals surface area (Å²) in [5.41, 5.74) is 1.49. The molecule has 2 aromatic rings. The third-order valence-electron chi connectivity index (χ3n) is 2.25. The number of nitrogen functional groups attached to an aromatic ring is 1. The van der Waals surface area contributed by atoms with E-state index < -0.39 is 33.9 Å². The number of benzene rings is 1. The Morgan fingerprint density at radius 1 is 1.38 bits per heavy atom. The predicted molar refractivity (Wildman–Crippen MR) is 70.6 cm³/mol. The van der Waals surface area contributed by atoms with Crippen molar-refractivity contribution in [3.8, 4) is 11.6 Å². The molecule has 0 saturated carbocycles. The SMILES string of the molecule is NNc1ncc(F)c(Oc2cc(F)c(Br)cc2[N+](=O)[O-])n1. The second-order valence-corrected chi connectivity index (χ2v) is 4.44. The third kappa shape index (κ3) is 3.20. The van der Waals surface area contributed by atoms with Gasteiger partial charge in [0.25, 0.3) is 5.88 Å². The van der Waals surface area contributed by atoms with E-state index in [0.717, 1.165) is 18.3 Å². The van der Waals surface area contributed by atoms with E-state index in [1.54, 1.807) is 0 Å². The van der Waals surface area contributed by atoms with Crippen LogP contribution in [0.3, 0.4) is 0 Å². The van der Waals surface area contributed by atoms with Gasteiger partial charge in [-0.25, -0.2) is 15.2 Å². The zero-order valence-electron chi connectivity index (χ0n) is 10.0. The molecular weight excluding hydrogens is 356 g/mol. The van der Waals surface area contributed by atoms with Crippen molar-refractivity contribution in [1.82, 2.24) is 9.97 Å². The average Bonchev–Trinajstić information content (AvgIpc) is 2.44. The van der Waals surface area contributed by atoms with Crippen LogP contribution in [0.2, 0.25) is 0 Å². The van der Waals surface area contributed by atoms with Crippen molar-refractivity contribution >= 4 is 27.6 Å². The summed E-state index contributed by atoms with van der Waals surface area (Å²) >= 11 is 2.81. The van der Waals surface area contributed by atoms with Crippen LogP contribution in [-0.2, 0) is 0 Å². The first kappa shape index (κ1) is 15.0. The van der Waals surface area contributed by atoms with Gasteiger partial charge in [-0.1, -0.05) is 0 Å². The molecule has 0 unspecified atom stereocenters. The maximum atomic E-state index is 13.5. The Labute approximate surface area is 124 Å². The van der Waals surface area contributed by atoms with Crippen LogP contribution in [0.15, 0.2) is 22.8 Å². The summed E-state index contributed by atoms with van der Waals surface area (Å²) in [7, 11) is 0. The molecule has 110 valence electrons. The highest BCUT2D eigenvalue weighted by atomic mass is 79.9. The van der Waals surface area contributed by atoms with Gasteiger partial charge in [-0.2, -0.15) is 9.37 Å². The molecule has 0 aliphatic rings. The molecule has 0 aliphatic carbocycles. The van der Waals surface area contributed by atoms with E-state index in [4.69, 9.17) is 10.6 Å². The minimum Gasteiger partial charge on any atom is -0.429 e. The molecule has 0 radical (unpaired) electrons. The lowest BCUT2D eigenvalue weighted by Crippen LogP contribution is -2.11. The van der Waals surface area contributed by atoms with Crippen molar-refractivity contribution in [2.45, 2.75) is 0 Å². The first-order valence-electron chi connectivity index (χ1n) is 5.23. The molecule has 0 aliphatic heterocycles. The van der Waals surface area contributed by atoms with E-state index in [9.17, 15) is 18.9 Å². The summed E-state index contributed by atoms with van der Waals surface area (Å²) in [6.07, 6.45) is 0.749. The van der Waals surface area contributed by atoms with Gasteiger partial charge in [-0.3, -0.25) is 15.5 Å². The molecule has 2 rings (SSSR count). The van der Waals surface area contributed by atoms with Gasteiger partial charge in [0.15, 0.2) is 0 Å². The molecule has 1 aromatic heterocycles. The number of anilines is 1. The number of hydrogen-bond acceptors (Lipinski definition) is 7. The quantitative estimate of drug-likeness (QED) is 0.488. The van der Waals surface area contributed by atoms with Gasteiger partial charge >= 0.3 is 5.69 Å². The zero-order chi connectivity index (χ0) is 15.6. The van der Waals surface area contributed by atoms with Crippen LogP contribution in [0.25, 0.3) is 0 Å². The number of nitrogens with two attached hydrogens (primary N) is 1. The van der Waals surface area contributed by atoms with Gasteiger partial charge < -0.3 is 4.74 Å². The fraction of sp³-hybridized carbons (Fsp3) is 0. The number of hydrazine groups is 1. The first-order valence-corrected chi connectivity index (χ1v) is 6.02. The minimum atomic E-state index is -0.994.